The number of nitrogens with zero attached hydrogens (tertiary/aromatic N) is 3. The second-order valence-electron chi connectivity index (χ2n) is 4.69. The van der Waals surface area contributed by atoms with Gasteiger partial charge in [-0.05, 0) is 28.1 Å². The van der Waals surface area contributed by atoms with Gasteiger partial charge in [-0.15, -0.1) is 0 Å². The molecule has 9 heteroatoms. The van der Waals surface area contributed by atoms with Crippen molar-refractivity contribution < 1.29 is 9.72 Å². The molecule has 0 saturated heterocycles. The zero-order valence-electron chi connectivity index (χ0n) is 11.5. The summed E-state index contributed by atoms with van der Waals surface area (Å²) in [6.45, 7) is 2.07. The molecule has 22 heavy (non-hydrogen) atoms. The number of nitro benzene ring substituents is 1. The number of amides is 1. The number of rotatable bonds is 5. The molecular weight excluding hydrogens is 376 g/mol. The van der Waals surface area contributed by atoms with Crippen LogP contribution in [0.25, 0.3) is 0 Å². The van der Waals surface area contributed by atoms with Gasteiger partial charge in [0.2, 0.25) is 5.91 Å². The number of aromatic nitrogens is 2. The molecule has 0 bridgehead atoms. The molecule has 0 fully saturated rings. The van der Waals surface area contributed by atoms with Crippen LogP contribution in [0, 0.1) is 16.0 Å². The molecule has 1 aromatic carbocycles. The topological polar surface area (TPSA) is 90.1 Å². The average Bonchev–Trinajstić information content (AvgIpc) is 2.85. The third kappa shape index (κ3) is 4.05. The van der Waals surface area contributed by atoms with E-state index < -0.39 is 10.8 Å². The van der Waals surface area contributed by atoms with Crippen molar-refractivity contribution >= 4 is 44.8 Å². The lowest BCUT2D eigenvalue weighted by Gasteiger charge is -2.12. The summed E-state index contributed by atoms with van der Waals surface area (Å²) in [6, 6.07) is 4.10. The van der Waals surface area contributed by atoms with Gasteiger partial charge in [0.25, 0.3) is 5.69 Å². The summed E-state index contributed by atoms with van der Waals surface area (Å²) in [5.74, 6) is -0.751. The smallest absolute Gasteiger partial charge is 0.294 e. The molecular formula is C13H12BrClN4O3. The Kier molecular flexibility index (Phi) is 5.15. The minimum atomic E-state index is -0.587. The molecule has 1 amide bonds. The SMILES string of the molecule is CC(Cn1cc(Br)cn1)C(=O)Nc1ccc(Cl)cc1[N+](=O)[O-]. The van der Waals surface area contributed by atoms with Crippen LogP contribution in [-0.4, -0.2) is 20.6 Å². The fourth-order valence-corrected chi connectivity index (χ4v) is 2.31. The summed E-state index contributed by atoms with van der Waals surface area (Å²) in [6.07, 6.45) is 3.36. The monoisotopic (exact) mass is 386 g/mol. The van der Waals surface area contributed by atoms with Crippen molar-refractivity contribution in [1.29, 1.82) is 0 Å². The number of hydrogen-bond acceptors (Lipinski definition) is 4. The Balaban J connectivity index is 2.09. The zero-order chi connectivity index (χ0) is 16.3. The van der Waals surface area contributed by atoms with Crippen LogP contribution < -0.4 is 5.32 Å². The highest BCUT2D eigenvalue weighted by Gasteiger charge is 2.20. The highest BCUT2D eigenvalue weighted by atomic mass is 79.9. The second-order valence-corrected chi connectivity index (χ2v) is 6.04. The van der Waals surface area contributed by atoms with Gasteiger partial charge in [-0.3, -0.25) is 19.6 Å². The van der Waals surface area contributed by atoms with Gasteiger partial charge in [0.15, 0.2) is 0 Å². The van der Waals surface area contributed by atoms with Crippen molar-refractivity contribution in [3.8, 4) is 0 Å². The number of nitro groups is 1. The normalized spacial score (nSPS) is 12.0. The first-order chi connectivity index (χ1) is 10.4. The summed E-state index contributed by atoms with van der Waals surface area (Å²) in [7, 11) is 0. The molecule has 1 heterocycles. The van der Waals surface area contributed by atoms with E-state index in [9.17, 15) is 14.9 Å². The Morgan fingerprint density at radius 3 is 2.91 bits per heavy atom. The lowest BCUT2D eigenvalue weighted by atomic mass is 10.1. The fourth-order valence-electron chi connectivity index (χ4n) is 1.82. The first-order valence-electron chi connectivity index (χ1n) is 6.29. The van der Waals surface area contributed by atoms with Crippen LogP contribution in [-0.2, 0) is 11.3 Å². The van der Waals surface area contributed by atoms with Crippen LogP contribution in [0.5, 0.6) is 0 Å². The minimum Gasteiger partial charge on any atom is -0.320 e. The Bertz CT molecular complexity index is 719. The summed E-state index contributed by atoms with van der Waals surface area (Å²) >= 11 is 9.01. The van der Waals surface area contributed by atoms with Crippen LogP contribution in [0.3, 0.4) is 0 Å². The number of benzene rings is 1. The second kappa shape index (κ2) is 6.89. The quantitative estimate of drug-likeness (QED) is 0.628. The zero-order valence-corrected chi connectivity index (χ0v) is 13.8. The predicted molar refractivity (Wildman–Crippen MR) is 85.8 cm³/mol. The maximum atomic E-state index is 12.2. The van der Waals surface area contributed by atoms with Crippen LogP contribution >= 0.6 is 27.5 Å². The Labute approximate surface area is 139 Å². The van der Waals surface area contributed by atoms with Crippen molar-refractivity contribution in [2.24, 2.45) is 5.92 Å². The molecule has 1 aromatic heterocycles. The van der Waals surface area contributed by atoms with Gasteiger partial charge < -0.3 is 5.32 Å². The molecule has 1 unspecified atom stereocenters. The van der Waals surface area contributed by atoms with E-state index in [1.54, 1.807) is 24.0 Å². The van der Waals surface area contributed by atoms with E-state index in [1.807, 2.05) is 0 Å². The molecule has 1 N–H and O–H groups in total. The molecule has 2 rings (SSSR count). The Morgan fingerprint density at radius 1 is 1.59 bits per heavy atom. The van der Waals surface area contributed by atoms with E-state index in [-0.39, 0.29) is 22.3 Å². The maximum absolute atomic E-state index is 12.2. The van der Waals surface area contributed by atoms with E-state index >= 15 is 0 Å². The largest absolute Gasteiger partial charge is 0.320 e. The van der Waals surface area contributed by atoms with Gasteiger partial charge in [0.05, 0.1) is 28.1 Å². The van der Waals surface area contributed by atoms with E-state index in [1.165, 1.54) is 18.2 Å². The minimum absolute atomic E-state index is 0.118. The van der Waals surface area contributed by atoms with E-state index in [2.05, 4.69) is 26.3 Å². The fraction of sp³-hybridized carbons (Fsp3) is 0.231. The third-order valence-corrected chi connectivity index (χ3v) is 3.57. The van der Waals surface area contributed by atoms with Crippen molar-refractivity contribution in [3.05, 3.63) is 50.2 Å². The molecule has 0 saturated carbocycles. The highest BCUT2D eigenvalue weighted by Crippen LogP contribution is 2.28. The van der Waals surface area contributed by atoms with Crippen LogP contribution in [0.4, 0.5) is 11.4 Å². The molecule has 7 nitrogen and oxygen atoms in total. The molecule has 0 radical (unpaired) electrons. The van der Waals surface area contributed by atoms with Crippen LogP contribution in [0.2, 0.25) is 5.02 Å². The highest BCUT2D eigenvalue weighted by molar-refractivity contribution is 9.10. The molecule has 116 valence electrons. The predicted octanol–water partition coefficient (Wildman–Crippen LogP) is 3.48. The molecule has 0 spiro atoms. The average molecular weight is 388 g/mol. The first-order valence-corrected chi connectivity index (χ1v) is 7.46. The summed E-state index contributed by atoms with van der Waals surface area (Å²) < 4.78 is 2.43. The molecule has 0 aliphatic heterocycles. The molecule has 1 atom stereocenters. The van der Waals surface area contributed by atoms with Gasteiger partial charge in [-0.25, -0.2) is 0 Å². The van der Waals surface area contributed by atoms with Crippen molar-refractivity contribution in [1.82, 2.24) is 9.78 Å². The summed E-state index contributed by atoms with van der Waals surface area (Å²) in [5, 5.41) is 17.9. The lowest BCUT2D eigenvalue weighted by Crippen LogP contribution is -2.25. The number of nitrogens with one attached hydrogen (secondary N) is 1. The summed E-state index contributed by atoms with van der Waals surface area (Å²) in [4.78, 5) is 22.6. The van der Waals surface area contributed by atoms with Gasteiger partial charge in [-0.2, -0.15) is 5.10 Å². The number of halogens is 2. The van der Waals surface area contributed by atoms with Crippen molar-refractivity contribution in [3.63, 3.8) is 0 Å². The maximum Gasteiger partial charge on any atom is 0.294 e. The lowest BCUT2D eigenvalue weighted by molar-refractivity contribution is -0.383. The van der Waals surface area contributed by atoms with E-state index in [4.69, 9.17) is 11.6 Å². The Hall–Kier alpha value is -1.93. The van der Waals surface area contributed by atoms with Gasteiger partial charge in [0, 0.05) is 17.3 Å². The van der Waals surface area contributed by atoms with Gasteiger partial charge >= 0.3 is 0 Å². The number of carbonyl (C=O) groups excluding carboxylic acids is 1. The van der Waals surface area contributed by atoms with Crippen molar-refractivity contribution in [2.45, 2.75) is 13.5 Å². The number of anilines is 1. The van der Waals surface area contributed by atoms with Crippen LogP contribution in [0.15, 0.2) is 35.1 Å². The number of carbonyl (C=O) groups is 1. The van der Waals surface area contributed by atoms with E-state index in [0.717, 1.165) is 4.47 Å². The first kappa shape index (κ1) is 16.4. The molecule has 0 aliphatic rings. The molecule has 0 aliphatic carbocycles. The summed E-state index contributed by atoms with van der Waals surface area (Å²) in [5.41, 5.74) is -0.122. The number of hydrogen-bond donors (Lipinski definition) is 1. The molecule has 2 aromatic rings. The Morgan fingerprint density at radius 2 is 2.32 bits per heavy atom. The van der Waals surface area contributed by atoms with Crippen LogP contribution in [0.1, 0.15) is 6.92 Å². The standard InChI is InChI=1S/C13H12BrClN4O3/c1-8(6-18-7-9(14)5-16-18)13(20)17-11-3-2-10(15)4-12(11)19(21)22/h2-5,7-8H,6H2,1H3,(H,17,20). The van der Waals surface area contributed by atoms with E-state index in [0.29, 0.717) is 6.54 Å². The van der Waals surface area contributed by atoms with Gasteiger partial charge in [-0.1, -0.05) is 18.5 Å². The van der Waals surface area contributed by atoms with Crippen molar-refractivity contribution in [2.75, 3.05) is 5.32 Å². The van der Waals surface area contributed by atoms with Gasteiger partial charge in [0.1, 0.15) is 5.69 Å². The third-order valence-electron chi connectivity index (χ3n) is 2.92.